The first-order valence-corrected chi connectivity index (χ1v) is 12.6. The molecule has 4 aliphatic carbocycles. The molecule has 32 heavy (non-hydrogen) atoms. The molecule has 0 saturated heterocycles. The first-order valence-electron chi connectivity index (χ1n) is 12.6. The molecule has 176 valence electrons. The maximum atomic E-state index is 13.1. The van der Waals surface area contributed by atoms with E-state index in [9.17, 15) is 9.59 Å². The highest BCUT2D eigenvalue weighted by molar-refractivity contribution is 5.75. The Labute approximate surface area is 193 Å². The van der Waals surface area contributed by atoms with Gasteiger partial charge in [-0.05, 0) is 98.7 Å². The van der Waals surface area contributed by atoms with E-state index in [1.165, 1.54) is 44.1 Å². The largest absolute Gasteiger partial charge is 0.344 e. The Morgan fingerprint density at radius 2 is 1.66 bits per heavy atom. The van der Waals surface area contributed by atoms with Crippen molar-refractivity contribution in [1.82, 2.24) is 20.1 Å². The van der Waals surface area contributed by atoms with Crippen LogP contribution in [0.1, 0.15) is 63.9 Å². The molecule has 4 saturated carbocycles. The van der Waals surface area contributed by atoms with E-state index in [0.717, 1.165) is 43.6 Å². The van der Waals surface area contributed by atoms with Crippen molar-refractivity contribution >= 4 is 11.9 Å². The van der Waals surface area contributed by atoms with Crippen LogP contribution in [0.25, 0.3) is 0 Å². The van der Waals surface area contributed by atoms with Crippen molar-refractivity contribution in [3.63, 3.8) is 0 Å². The average molecular weight is 441 g/mol. The minimum absolute atomic E-state index is 0.0152. The number of aryl methyl sites for hydroxylation is 1. The standard InChI is InChI=1S/C26H40N4O2/c1-20(31)29(2)12-13-30(25(32)28-8-3-4-21-5-9-27-10-6-21)11-7-26-17-22-14-23(18-26)16-24(15-22)19-26/h5-6,9-10,22-24H,3-4,7-8,11-19H2,1-2H3,(H,28,32). The van der Waals surface area contributed by atoms with Crippen LogP contribution in [0.15, 0.2) is 24.5 Å². The van der Waals surface area contributed by atoms with Gasteiger partial charge < -0.3 is 15.1 Å². The molecular formula is C26H40N4O2. The van der Waals surface area contributed by atoms with Crippen LogP contribution in [0.4, 0.5) is 4.79 Å². The first kappa shape index (κ1) is 23.1. The molecule has 4 fully saturated rings. The highest BCUT2D eigenvalue weighted by Crippen LogP contribution is 2.61. The second-order valence-corrected chi connectivity index (χ2v) is 10.8. The predicted molar refractivity (Wildman–Crippen MR) is 126 cm³/mol. The molecule has 3 amide bonds. The first-order chi connectivity index (χ1) is 15.4. The third kappa shape index (κ3) is 5.81. The molecule has 1 aromatic rings. The van der Waals surface area contributed by atoms with E-state index in [4.69, 9.17) is 0 Å². The summed E-state index contributed by atoms with van der Waals surface area (Å²) in [7, 11) is 1.81. The van der Waals surface area contributed by atoms with E-state index >= 15 is 0 Å². The lowest BCUT2D eigenvalue weighted by atomic mass is 9.49. The molecular weight excluding hydrogens is 400 g/mol. The number of rotatable bonds is 10. The van der Waals surface area contributed by atoms with Gasteiger partial charge in [-0.15, -0.1) is 0 Å². The van der Waals surface area contributed by atoms with Crippen molar-refractivity contribution < 1.29 is 9.59 Å². The van der Waals surface area contributed by atoms with E-state index in [2.05, 4.69) is 10.3 Å². The zero-order valence-corrected chi connectivity index (χ0v) is 19.9. The topological polar surface area (TPSA) is 65.5 Å². The lowest BCUT2D eigenvalue weighted by Gasteiger charge is -2.57. The average Bonchev–Trinajstić information content (AvgIpc) is 2.76. The number of carbonyl (C=O) groups excluding carboxylic acids is 2. The molecule has 4 aliphatic rings. The third-order valence-electron chi connectivity index (χ3n) is 8.28. The van der Waals surface area contributed by atoms with Gasteiger partial charge in [0.2, 0.25) is 5.91 Å². The maximum absolute atomic E-state index is 13.1. The Morgan fingerprint density at radius 1 is 1.03 bits per heavy atom. The van der Waals surface area contributed by atoms with E-state index in [0.29, 0.717) is 25.0 Å². The Bertz CT molecular complexity index is 746. The number of nitrogens with zero attached hydrogens (tertiary/aromatic N) is 3. The molecule has 0 atom stereocenters. The number of nitrogens with one attached hydrogen (secondary N) is 1. The molecule has 6 heteroatoms. The molecule has 0 unspecified atom stereocenters. The molecule has 1 aromatic heterocycles. The van der Waals surface area contributed by atoms with Gasteiger partial charge in [-0.3, -0.25) is 9.78 Å². The number of urea groups is 1. The van der Waals surface area contributed by atoms with Crippen molar-refractivity contribution in [2.75, 3.05) is 33.2 Å². The van der Waals surface area contributed by atoms with Gasteiger partial charge in [0.25, 0.3) is 0 Å². The molecule has 0 aliphatic heterocycles. The van der Waals surface area contributed by atoms with Crippen molar-refractivity contribution in [3.8, 4) is 0 Å². The van der Waals surface area contributed by atoms with Crippen LogP contribution in [0, 0.1) is 23.2 Å². The highest BCUT2D eigenvalue weighted by Gasteiger charge is 2.50. The minimum atomic E-state index is 0.0152. The van der Waals surface area contributed by atoms with Crippen molar-refractivity contribution in [3.05, 3.63) is 30.1 Å². The van der Waals surface area contributed by atoms with Crippen LogP contribution in [-0.4, -0.2) is 59.9 Å². The lowest BCUT2D eigenvalue weighted by molar-refractivity contribution is -0.127. The number of pyridine rings is 1. The van der Waals surface area contributed by atoms with Gasteiger partial charge in [0.05, 0.1) is 0 Å². The van der Waals surface area contributed by atoms with Gasteiger partial charge >= 0.3 is 6.03 Å². The number of amides is 3. The smallest absolute Gasteiger partial charge is 0.317 e. The molecule has 5 rings (SSSR count). The van der Waals surface area contributed by atoms with E-state index in [1.54, 1.807) is 11.8 Å². The summed E-state index contributed by atoms with van der Waals surface area (Å²) in [6.45, 7) is 4.23. The number of hydrogen-bond donors (Lipinski definition) is 1. The second-order valence-electron chi connectivity index (χ2n) is 10.8. The summed E-state index contributed by atoms with van der Waals surface area (Å²) >= 11 is 0. The lowest BCUT2D eigenvalue weighted by Crippen LogP contribution is -2.49. The Balaban J connectivity index is 1.29. The molecule has 1 N–H and O–H groups in total. The maximum Gasteiger partial charge on any atom is 0.317 e. The number of aromatic nitrogens is 1. The van der Waals surface area contributed by atoms with Gasteiger partial charge in [0, 0.05) is 52.5 Å². The quantitative estimate of drug-likeness (QED) is 0.557. The Hall–Kier alpha value is -2.11. The van der Waals surface area contributed by atoms with Crippen LogP contribution >= 0.6 is 0 Å². The van der Waals surface area contributed by atoms with E-state index in [-0.39, 0.29) is 11.9 Å². The zero-order chi connectivity index (χ0) is 22.6. The molecule has 6 nitrogen and oxygen atoms in total. The van der Waals surface area contributed by atoms with Gasteiger partial charge in [-0.2, -0.15) is 0 Å². The molecule has 4 bridgehead atoms. The van der Waals surface area contributed by atoms with Crippen molar-refractivity contribution in [2.24, 2.45) is 23.2 Å². The van der Waals surface area contributed by atoms with Crippen LogP contribution in [0.2, 0.25) is 0 Å². The highest BCUT2D eigenvalue weighted by atomic mass is 16.2. The molecule has 0 spiro atoms. The summed E-state index contributed by atoms with van der Waals surface area (Å²) in [5.74, 6) is 2.84. The summed E-state index contributed by atoms with van der Waals surface area (Å²) in [6.07, 6.45) is 15.0. The minimum Gasteiger partial charge on any atom is -0.344 e. The van der Waals surface area contributed by atoms with E-state index < -0.39 is 0 Å². The monoisotopic (exact) mass is 440 g/mol. The van der Waals surface area contributed by atoms with Crippen molar-refractivity contribution in [2.45, 2.75) is 64.7 Å². The fourth-order valence-electron chi connectivity index (χ4n) is 6.86. The fraction of sp³-hybridized carbons (Fsp3) is 0.731. The second kappa shape index (κ2) is 10.2. The summed E-state index contributed by atoms with van der Waals surface area (Å²) in [5, 5.41) is 3.13. The van der Waals surface area contributed by atoms with Crippen LogP contribution in [-0.2, 0) is 11.2 Å². The number of carbonyl (C=O) groups is 2. The Kier molecular flexibility index (Phi) is 7.37. The summed E-state index contributed by atoms with van der Waals surface area (Å²) in [4.78, 5) is 32.4. The van der Waals surface area contributed by atoms with E-state index in [1.807, 2.05) is 36.5 Å². The summed E-state index contributed by atoms with van der Waals surface area (Å²) in [6, 6.07) is 4.07. The van der Waals surface area contributed by atoms with Crippen LogP contribution < -0.4 is 5.32 Å². The molecule has 0 aromatic carbocycles. The van der Waals surface area contributed by atoms with Gasteiger partial charge in [-0.1, -0.05) is 0 Å². The van der Waals surface area contributed by atoms with Gasteiger partial charge in [0.15, 0.2) is 0 Å². The van der Waals surface area contributed by atoms with Gasteiger partial charge in [0.1, 0.15) is 0 Å². The zero-order valence-electron chi connectivity index (χ0n) is 19.9. The number of hydrogen-bond acceptors (Lipinski definition) is 3. The molecule has 0 radical (unpaired) electrons. The summed E-state index contributed by atoms with van der Waals surface area (Å²) < 4.78 is 0. The summed E-state index contributed by atoms with van der Waals surface area (Å²) in [5.41, 5.74) is 1.71. The van der Waals surface area contributed by atoms with Gasteiger partial charge in [-0.25, -0.2) is 4.79 Å². The third-order valence-corrected chi connectivity index (χ3v) is 8.28. The Morgan fingerprint density at radius 3 is 2.25 bits per heavy atom. The van der Waals surface area contributed by atoms with Crippen molar-refractivity contribution in [1.29, 1.82) is 0 Å². The van der Waals surface area contributed by atoms with Crippen LogP contribution in [0.3, 0.4) is 0 Å². The van der Waals surface area contributed by atoms with Crippen LogP contribution in [0.5, 0.6) is 0 Å². The fourth-order valence-corrected chi connectivity index (χ4v) is 6.86. The predicted octanol–water partition coefficient (Wildman–Crippen LogP) is 4.11. The normalized spacial score (nSPS) is 27.9. The SMILES string of the molecule is CC(=O)N(C)CCN(CCC12CC3CC(CC(C3)C1)C2)C(=O)NCCCc1ccncc1. The molecule has 1 heterocycles. The number of likely N-dealkylation sites (N-methyl/N-ethyl adjacent to an activating group) is 1.